The zero-order chi connectivity index (χ0) is 13.7. The topological polar surface area (TPSA) is 56.8 Å². The first-order valence-electron chi connectivity index (χ1n) is 5.60. The average molecular weight is 253 g/mol. The third-order valence-electron chi connectivity index (χ3n) is 2.66. The minimum absolute atomic E-state index is 0.316. The molecule has 0 radical (unpaired) electrons. The normalized spacial score (nSPS) is 11.6. The highest BCUT2D eigenvalue weighted by molar-refractivity contribution is 5.79. The Morgan fingerprint density at radius 2 is 1.72 bits per heavy atom. The minimum atomic E-state index is -0.424. The first kappa shape index (κ1) is 14.2. The molecule has 0 aliphatic carbocycles. The van der Waals surface area contributed by atoms with Gasteiger partial charge in [-0.15, -0.1) is 0 Å². The molecular formula is C13H19NO4. The second-order valence-electron chi connectivity index (χ2n) is 3.91. The molecule has 1 aromatic rings. The number of hydrogen-bond donors (Lipinski definition) is 1. The van der Waals surface area contributed by atoms with Crippen LogP contribution >= 0.6 is 0 Å². The predicted octanol–water partition coefficient (Wildman–Crippen LogP) is 1.99. The van der Waals surface area contributed by atoms with Crippen LogP contribution in [-0.4, -0.2) is 33.3 Å². The number of ether oxygens (including phenoxy) is 3. The molecule has 1 rings (SSSR count). The van der Waals surface area contributed by atoms with Gasteiger partial charge < -0.3 is 19.5 Å². The quantitative estimate of drug-likeness (QED) is 0.813. The molecule has 0 spiro atoms. The standard InChI is InChI=1S/C13H19NO4/c1-8-6-11(16-3)12(17-4)7-10(8)14-9(2)13(15)18-5/h6-7,9,14H,1-5H3. The monoisotopic (exact) mass is 253 g/mol. The van der Waals surface area contributed by atoms with Crippen LogP contribution in [0.3, 0.4) is 0 Å². The largest absolute Gasteiger partial charge is 0.493 e. The number of benzene rings is 1. The molecule has 5 heteroatoms. The van der Waals surface area contributed by atoms with Gasteiger partial charge in [-0.25, -0.2) is 4.79 Å². The Bertz CT molecular complexity index is 431. The maximum absolute atomic E-state index is 11.4. The summed E-state index contributed by atoms with van der Waals surface area (Å²) in [5, 5.41) is 3.08. The zero-order valence-electron chi connectivity index (χ0n) is 11.4. The highest BCUT2D eigenvalue weighted by Crippen LogP contribution is 2.33. The summed E-state index contributed by atoms with van der Waals surface area (Å²) in [5.41, 5.74) is 1.77. The molecule has 0 aliphatic heterocycles. The van der Waals surface area contributed by atoms with E-state index in [2.05, 4.69) is 10.1 Å². The van der Waals surface area contributed by atoms with Gasteiger partial charge in [0.05, 0.1) is 21.3 Å². The summed E-state index contributed by atoms with van der Waals surface area (Å²) in [7, 11) is 4.52. The van der Waals surface area contributed by atoms with Crippen molar-refractivity contribution in [1.29, 1.82) is 0 Å². The van der Waals surface area contributed by atoms with Crippen molar-refractivity contribution in [3.63, 3.8) is 0 Å². The van der Waals surface area contributed by atoms with Gasteiger partial charge >= 0.3 is 5.97 Å². The van der Waals surface area contributed by atoms with E-state index in [-0.39, 0.29) is 5.97 Å². The van der Waals surface area contributed by atoms with Gasteiger partial charge in [-0.2, -0.15) is 0 Å². The molecule has 1 aromatic carbocycles. The average Bonchev–Trinajstić information content (AvgIpc) is 2.39. The lowest BCUT2D eigenvalue weighted by atomic mass is 10.1. The predicted molar refractivity (Wildman–Crippen MR) is 69.4 cm³/mol. The Morgan fingerprint density at radius 1 is 1.17 bits per heavy atom. The summed E-state index contributed by atoms with van der Waals surface area (Å²) in [6.07, 6.45) is 0. The molecule has 0 saturated carbocycles. The molecule has 1 atom stereocenters. The van der Waals surface area contributed by atoms with Crippen LogP contribution in [0.1, 0.15) is 12.5 Å². The van der Waals surface area contributed by atoms with E-state index in [9.17, 15) is 4.79 Å². The van der Waals surface area contributed by atoms with Crippen LogP contribution in [-0.2, 0) is 9.53 Å². The SMILES string of the molecule is COC(=O)C(C)Nc1cc(OC)c(OC)cc1C. The van der Waals surface area contributed by atoms with E-state index in [1.54, 1.807) is 27.2 Å². The summed E-state index contributed by atoms with van der Waals surface area (Å²) < 4.78 is 15.1. The van der Waals surface area contributed by atoms with Gasteiger partial charge in [0, 0.05) is 11.8 Å². The Balaban J connectivity index is 2.99. The summed E-state index contributed by atoms with van der Waals surface area (Å²) in [6, 6.07) is 3.23. The van der Waals surface area contributed by atoms with E-state index in [0.29, 0.717) is 11.5 Å². The van der Waals surface area contributed by atoms with Crippen LogP contribution in [0, 0.1) is 6.92 Å². The Hall–Kier alpha value is -1.91. The second kappa shape index (κ2) is 6.14. The van der Waals surface area contributed by atoms with Gasteiger partial charge in [0.25, 0.3) is 0 Å². The first-order valence-corrected chi connectivity index (χ1v) is 5.60. The van der Waals surface area contributed by atoms with Crippen molar-refractivity contribution in [3.05, 3.63) is 17.7 Å². The number of carbonyl (C=O) groups is 1. The van der Waals surface area contributed by atoms with Gasteiger partial charge in [0.15, 0.2) is 11.5 Å². The smallest absolute Gasteiger partial charge is 0.327 e. The molecule has 0 fully saturated rings. The molecule has 100 valence electrons. The fourth-order valence-corrected chi connectivity index (χ4v) is 1.61. The first-order chi connectivity index (χ1) is 8.53. The number of methoxy groups -OCH3 is 3. The number of esters is 1. The van der Waals surface area contributed by atoms with Crippen LogP contribution in [0.2, 0.25) is 0 Å². The minimum Gasteiger partial charge on any atom is -0.493 e. The van der Waals surface area contributed by atoms with Crippen LogP contribution in [0.15, 0.2) is 12.1 Å². The van der Waals surface area contributed by atoms with Crippen molar-refractivity contribution < 1.29 is 19.0 Å². The molecule has 0 bridgehead atoms. The maximum Gasteiger partial charge on any atom is 0.327 e. The summed E-state index contributed by atoms with van der Waals surface area (Å²) in [4.78, 5) is 11.4. The van der Waals surface area contributed by atoms with Gasteiger partial charge in [0.1, 0.15) is 6.04 Å². The van der Waals surface area contributed by atoms with E-state index in [0.717, 1.165) is 11.3 Å². The maximum atomic E-state index is 11.4. The van der Waals surface area contributed by atoms with E-state index in [1.807, 2.05) is 13.0 Å². The molecule has 0 saturated heterocycles. The van der Waals surface area contributed by atoms with Crippen molar-refractivity contribution >= 4 is 11.7 Å². The lowest BCUT2D eigenvalue weighted by molar-refractivity contribution is -0.141. The third kappa shape index (κ3) is 3.06. The molecule has 0 aliphatic rings. The summed E-state index contributed by atoms with van der Waals surface area (Å²) >= 11 is 0. The van der Waals surface area contributed by atoms with E-state index < -0.39 is 6.04 Å². The molecule has 1 unspecified atom stereocenters. The van der Waals surface area contributed by atoms with Crippen molar-refractivity contribution in [3.8, 4) is 11.5 Å². The van der Waals surface area contributed by atoms with Crippen LogP contribution in [0.5, 0.6) is 11.5 Å². The molecule has 18 heavy (non-hydrogen) atoms. The van der Waals surface area contributed by atoms with Crippen molar-refractivity contribution in [2.75, 3.05) is 26.6 Å². The fraction of sp³-hybridized carbons (Fsp3) is 0.462. The number of carbonyl (C=O) groups excluding carboxylic acids is 1. The van der Waals surface area contributed by atoms with E-state index in [4.69, 9.17) is 9.47 Å². The lowest BCUT2D eigenvalue weighted by Gasteiger charge is -2.17. The number of aryl methyl sites for hydroxylation is 1. The van der Waals surface area contributed by atoms with Gasteiger partial charge in [0.2, 0.25) is 0 Å². The van der Waals surface area contributed by atoms with Gasteiger partial charge in [-0.1, -0.05) is 0 Å². The molecule has 0 heterocycles. The van der Waals surface area contributed by atoms with E-state index in [1.165, 1.54) is 7.11 Å². The molecule has 0 aromatic heterocycles. The van der Waals surface area contributed by atoms with E-state index >= 15 is 0 Å². The van der Waals surface area contributed by atoms with Crippen LogP contribution < -0.4 is 14.8 Å². The Labute approximate surface area is 107 Å². The molecule has 0 amide bonds. The highest BCUT2D eigenvalue weighted by Gasteiger charge is 2.15. The lowest BCUT2D eigenvalue weighted by Crippen LogP contribution is -2.27. The van der Waals surface area contributed by atoms with Crippen LogP contribution in [0.25, 0.3) is 0 Å². The summed E-state index contributed by atoms with van der Waals surface area (Å²) in [5.74, 6) is 0.957. The highest BCUT2D eigenvalue weighted by atomic mass is 16.5. The van der Waals surface area contributed by atoms with Crippen molar-refractivity contribution in [1.82, 2.24) is 0 Å². The summed E-state index contributed by atoms with van der Waals surface area (Å²) in [6.45, 7) is 3.66. The number of rotatable bonds is 5. The number of anilines is 1. The Kier molecular flexibility index (Phi) is 4.83. The van der Waals surface area contributed by atoms with Gasteiger partial charge in [-0.3, -0.25) is 0 Å². The molecule has 5 nitrogen and oxygen atoms in total. The zero-order valence-corrected chi connectivity index (χ0v) is 11.4. The Morgan fingerprint density at radius 3 is 2.22 bits per heavy atom. The van der Waals surface area contributed by atoms with Gasteiger partial charge in [-0.05, 0) is 25.5 Å². The second-order valence-corrected chi connectivity index (χ2v) is 3.91. The van der Waals surface area contributed by atoms with Crippen molar-refractivity contribution in [2.45, 2.75) is 19.9 Å². The molecular weight excluding hydrogens is 234 g/mol. The van der Waals surface area contributed by atoms with Crippen molar-refractivity contribution in [2.24, 2.45) is 0 Å². The fourth-order valence-electron chi connectivity index (χ4n) is 1.61. The van der Waals surface area contributed by atoms with Crippen LogP contribution in [0.4, 0.5) is 5.69 Å². The number of nitrogens with one attached hydrogen (secondary N) is 1. The number of hydrogen-bond acceptors (Lipinski definition) is 5. The molecule has 1 N–H and O–H groups in total. The third-order valence-corrected chi connectivity index (χ3v) is 2.66.